The molecule has 1 aliphatic heterocycles. The van der Waals surface area contributed by atoms with Crippen molar-refractivity contribution in [3.05, 3.63) is 11.6 Å². The molecule has 6 unspecified atom stereocenters. The molecule has 5 rings (SSSR count). The summed E-state index contributed by atoms with van der Waals surface area (Å²) in [6.45, 7) is 2.14. The van der Waals surface area contributed by atoms with E-state index in [2.05, 4.69) is 13.0 Å². The largest absolute Gasteiger partial charge is 0.393 e. The Morgan fingerprint density at radius 3 is 2.64 bits per heavy atom. The highest BCUT2D eigenvalue weighted by atomic mass is 17.3. The average molecular weight is 308 g/mol. The normalized spacial score (nSPS) is 59.5. The van der Waals surface area contributed by atoms with Gasteiger partial charge in [0, 0.05) is 24.7 Å². The summed E-state index contributed by atoms with van der Waals surface area (Å²) in [4.78, 5) is 11.5. The van der Waals surface area contributed by atoms with Gasteiger partial charge in [-0.05, 0) is 37.5 Å². The topological polar surface area (TPSA) is 68.2 Å². The van der Waals surface area contributed by atoms with Crippen LogP contribution in [0.25, 0.3) is 0 Å². The number of aliphatic hydroxyl groups excluding tert-OH is 2. The standard InChI is InChI=1S/C17H24O5/c1-9-2-10-3-11-4-12(5-15(10)11)17(9)20-16(21-22-17)7-13(18)6-14(19)8-16/h2,9,11-15,18-19H,3-8H2,1H3/t9?,11?,12?,13-,14+,15?,16?,17?. The van der Waals surface area contributed by atoms with E-state index in [0.29, 0.717) is 25.2 Å². The first-order valence-electron chi connectivity index (χ1n) is 8.63. The van der Waals surface area contributed by atoms with Crippen molar-refractivity contribution in [2.75, 3.05) is 0 Å². The molecular formula is C17H24O5. The number of ether oxygens (including phenoxy) is 1. The average Bonchev–Trinajstić information content (AvgIpc) is 2.92. The third kappa shape index (κ3) is 1.72. The second-order valence-electron chi connectivity index (χ2n) is 8.12. The summed E-state index contributed by atoms with van der Waals surface area (Å²) < 4.78 is 6.44. The SMILES string of the molecule is CC1C=C2CC3CC(CC23)C12OOC1(C[C@H](O)C[C@H](O)C1)O2. The fourth-order valence-electron chi connectivity index (χ4n) is 5.65. The molecule has 2 spiro atoms. The first-order chi connectivity index (χ1) is 10.5. The van der Waals surface area contributed by atoms with Crippen molar-refractivity contribution in [3.8, 4) is 0 Å². The molecule has 4 fully saturated rings. The predicted octanol–water partition coefficient (Wildman–Crippen LogP) is 1.89. The third-order valence-electron chi connectivity index (χ3n) is 6.64. The maximum absolute atomic E-state index is 10.0. The molecule has 3 saturated carbocycles. The number of fused-ring (bicyclic) bond motifs is 2. The Morgan fingerprint density at radius 1 is 1.09 bits per heavy atom. The highest BCUT2D eigenvalue weighted by Gasteiger charge is 2.65. The second-order valence-corrected chi connectivity index (χ2v) is 8.12. The monoisotopic (exact) mass is 308 g/mol. The van der Waals surface area contributed by atoms with E-state index in [0.717, 1.165) is 24.7 Å². The van der Waals surface area contributed by atoms with Crippen LogP contribution in [0, 0.1) is 23.7 Å². The quantitative estimate of drug-likeness (QED) is 0.528. The Balaban J connectivity index is 1.48. The van der Waals surface area contributed by atoms with Gasteiger partial charge in [-0.25, -0.2) is 0 Å². The lowest BCUT2D eigenvalue weighted by molar-refractivity contribution is -0.372. The van der Waals surface area contributed by atoms with E-state index >= 15 is 0 Å². The minimum Gasteiger partial charge on any atom is -0.393 e. The minimum atomic E-state index is -0.990. The van der Waals surface area contributed by atoms with Crippen molar-refractivity contribution in [3.63, 3.8) is 0 Å². The van der Waals surface area contributed by atoms with Crippen LogP contribution in [0.2, 0.25) is 0 Å². The number of rotatable bonds is 0. The Labute approximate surface area is 130 Å². The van der Waals surface area contributed by atoms with Crippen LogP contribution in [0.1, 0.15) is 45.4 Å². The van der Waals surface area contributed by atoms with E-state index in [-0.39, 0.29) is 5.92 Å². The summed E-state index contributed by atoms with van der Waals surface area (Å²) in [6, 6.07) is 0. The molecule has 0 aromatic rings. The van der Waals surface area contributed by atoms with E-state index in [1.807, 2.05) is 0 Å². The summed E-state index contributed by atoms with van der Waals surface area (Å²) >= 11 is 0. The predicted molar refractivity (Wildman–Crippen MR) is 76.1 cm³/mol. The van der Waals surface area contributed by atoms with Crippen LogP contribution in [-0.4, -0.2) is 34.0 Å². The molecule has 5 nitrogen and oxygen atoms in total. The van der Waals surface area contributed by atoms with Crippen LogP contribution in [0.4, 0.5) is 0 Å². The zero-order valence-electron chi connectivity index (χ0n) is 12.9. The maximum atomic E-state index is 10.0. The Kier molecular flexibility index (Phi) is 2.74. The third-order valence-corrected chi connectivity index (χ3v) is 6.64. The van der Waals surface area contributed by atoms with Gasteiger partial charge >= 0.3 is 0 Å². The first-order valence-corrected chi connectivity index (χ1v) is 8.63. The van der Waals surface area contributed by atoms with Gasteiger partial charge in [0.25, 0.3) is 0 Å². The van der Waals surface area contributed by atoms with E-state index in [9.17, 15) is 10.2 Å². The zero-order chi connectivity index (χ0) is 15.1. The van der Waals surface area contributed by atoms with Gasteiger partial charge in [0.15, 0.2) is 0 Å². The van der Waals surface area contributed by atoms with Crippen LogP contribution < -0.4 is 0 Å². The Hall–Kier alpha value is -0.460. The molecular weight excluding hydrogens is 284 g/mol. The van der Waals surface area contributed by atoms with Crippen molar-refractivity contribution < 1.29 is 24.7 Å². The lowest BCUT2D eigenvalue weighted by Gasteiger charge is -2.41. The van der Waals surface area contributed by atoms with Gasteiger partial charge in [-0.1, -0.05) is 18.6 Å². The van der Waals surface area contributed by atoms with E-state index in [1.165, 1.54) is 6.42 Å². The molecule has 22 heavy (non-hydrogen) atoms. The van der Waals surface area contributed by atoms with Crippen molar-refractivity contribution in [2.45, 2.75) is 69.2 Å². The first kappa shape index (κ1) is 13.9. The van der Waals surface area contributed by atoms with Crippen LogP contribution in [0.5, 0.6) is 0 Å². The molecule has 0 radical (unpaired) electrons. The fraction of sp³-hybridized carbons (Fsp3) is 0.882. The Morgan fingerprint density at radius 2 is 1.86 bits per heavy atom. The fourth-order valence-corrected chi connectivity index (χ4v) is 5.65. The highest BCUT2D eigenvalue weighted by molar-refractivity contribution is 5.27. The van der Waals surface area contributed by atoms with E-state index in [4.69, 9.17) is 14.5 Å². The number of hydrogen-bond donors (Lipinski definition) is 2. The lowest BCUT2D eigenvalue weighted by Crippen LogP contribution is -2.50. The Bertz CT molecular complexity index is 521. The number of aliphatic hydroxyl groups is 2. The van der Waals surface area contributed by atoms with Crippen LogP contribution in [0.3, 0.4) is 0 Å². The summed E-state index contributed by atoms with van der Waals surface area (Å²) in [5.74, 6) is 0.242. The maximum Gasteiger partial charge on any atom is 0.213 e. The number of allylic oxidation sites excluding steroid dienone is 1. The summed E-state index contributed by atoms with van der Waals surface area (Å²) in [5.41, 5.74) is 1.56. The molecule has 1 saturated heterocycles. The minimum absolute atomic E-state index is 0.134. The molecule has 122 valence electrons. The van der Waals surface area contributed by atoms with Gasteiger partial charge in [0.2, 0.25) is 11.6 Å². The molecule has 5 aliphatic rings. The van der Waals surface area contributed by atoms with Gasteiger partial charge in [-0.3, -0.25) is 0 Å². The summed E-state index contributed by atoms with van der Waals surface area (Å²) in [5, 5.41) is 20.0. The molecule has 2 N–H and O–H groups in total. The molecule has 8 atom stereocenters. The van der Waals surface area contributed by atoms with Crippen molar-refractivity contribution >= 4 is 0 Å². The van der Waals surface area contributed by atoms with Gasteiger partial charge in [-0.15, -0.1) is 0 Å². The summed E-state index contributed by atoms with van der Waals surface area (Å²) in [6.07, 6.45) is 5.72. The molecule has 5 heteroatoms. The summed E-state index contributed by atoms with van der Waals surface area (Å²) in [7, 11) is 0. The highest BCUT2D eigenvalue weighted by Crippen LogP contribution is 2.63. The molecule has 4 aliphatic carbocycles. The van der Waals surface area contributed by atoms with Gasteiger partial charge in [0.1, 0.15) is 0 Å². The van der Waals surface area contributed by atoms with E-state index < -0.39 is 23.8 Å². The van der Waals surface area contributed by atoms with Crippen molar-refractivity contribution in [1.82, 2.24) is 0 Å². The van der Waals surface area contributed by atoms with Gasteiger partial charge in [0.05, 0.1) is 12.2 Å². The van der Waals surface area contributed by atoms with Gasteiger partial charge < -0.3 is 14.9 Å². The molecule has 0 aromatic heterocycles. The van der Waals surface area contributed by atoms with E-state index in [1.54, 1.807) is 5.57 Å². The van der Waals surface area contributed by atoms with Crippen LogP contribution >= 0.6 is 0 Å². The van der Waals surface area contributed by atoms with Gasteiger partial charge in [-0.2, -0.15) is 9.78 Å². The smallest absolute Gasteiger partial charge is 0.213 e. The van der Waals surface area contributed by atoms with Crippen LogP contribution in [0.15, 0.2) is 11.6 Å². The molecule has 0 amide bonds. The zero-order valence-corrected chi connectivity index (χ0v) is 12.9. The van der Waals surface area contributed by atoms with Crippen molar-refractivity contribution in [2.24, 2.45) is 23.7 Å². The molecule has 1 heterocycles. The van der Waals surface area contributed by atoms with Crippen molar-refractivity contribution in [1.29, 1.82) is 0 Å². The second kappa shape index (κ2) is 4.33. The molecule has 2 bridgehead atoms. The van der Waals surface area contributed by atoms with Crippen LogP contribution in [-0.2, 0) is 14.5 Å². The number of hydrogen-bond acceptors (Lipinski definition) is 5. The molecule has 0 aromatic carbocycles. The lowest BCUT2D eigenvalue weighted by atomic mass is 9.70.